The van der Waals surface area contributed by atoms with Gasteiger partial charge in [0, 0.05) is 25.8 Å². The minimum absolute atomic E-state index is 0. The zero-order chi connectivity index (χ0) is 12.7. The van der Waals surface area contributed by atoms with E-state index in [9.17, 15) is 8.78 Å². The second-order valence-electron chi connectivity index (χ2n) is 3.75. The molecule has 0 saturated heterocycles. The molecule has 1 N–H and O–H groups in total. The van der Waals surface area contributed by atoms with E-state index in [0.717, 1.165) is 30.9 Å². The first-order valence-corrected chi connectivity index (χ1v) is 5.92. The number of hydrogen-bond acceptors (Lipinski definition) is 3. The van der Waals surface area contributed by atoms with Crippen molar-refractivity contribution in [2.24, 2.45) is 0 Å². The smallest absolute Gasteiger partial charge is 0.310 e. The average molecular weight is 319 g/mol. The highest BCUT2D eigenvalue weighted by molar-refractivity contribution is 5.85. The molecule has 0 atom stereocenters. The lowest BCUT2D eigenvalue weighted by atomic mass is 10.4. The maximum absolute atomic E-state index is 12.5. The van der Waals surface area contributed by atoms with Crippen LogP contribution in [-0.4, -0.2) is 40.9 Å². The summed E-state index contributed by atoms with van der Waals surface area (Å²) in [6.07, 6.45) is 1.40. The first-order valence-electron chi connectivity index (χ1n) is 5.92. The molecule has 0 aliphatic carbocycles. The van der Waals surface area contributed by atoms with E-state index in [2.05, 4.69) is 29.2 Å². The van der Waals surface area contributed by atoms with Crippen molar-refractivity contribution in [3.05, 3.63) is 18.0 Å². The maximum atomic E-state index is 12.5. The van der Waals surface area contributed by atoms with Gasteiger partial charge in [0.25, 0.3) is 0 Å². The molecule has 0 bridgehead atoms. The van der Waals surface area contributed by atoms with Gasteiger partial charge < -0.3 is 10.2 Å². The number of nitrogens with one attached hydrogen (secondary N) is 1. The Bertz CT molecular complexity index is 319. The summed E-state index contributed by atoms with van der Waals surface area (Å²) in [5.74, 6) is 0. The van der Waals surface area contributed by atoms with E-state index in [0.29, 0.717) is 12.2 Å². The standard InChI is InChI=1S/C11H20F2N4.2ClH/c1-3-16(4-2)8-7-14-9-10-5-6-15-17(10)11(12)13;;/h5-6,11,14H,3-4,7-9H2,1-2H3;2*1H. The first-order chi connectivity index (χ1) is 8.19. The van der Waals surface area contributed by atoms with Crippen molar-refractivity contribution in [2.45, 2.75) is 26.9 Å². The Labute approximate surface area is 125 Å². The second-order valence-corrected chi connectivity index (χ2v) is 3.75. The molecule has 1 aromatic rings. The summed E-state index contributed by atoms with van der Waals surface area (Å²) >= 11 is 0. The van der Waals surface area contributed by atoms with Crippen LogP contribution in [0.3, 0.4) is 0 Å². The molecule has 0 aliphatic rings. The Balaban J connectivity index is 0. The monoisotopic (exact) mass is 318 g/mol. The molecule has 0 unspecified atom stereocenters. The van der Waals surface area contributed by atoms with Gasteiger partial charge in [-0.05, 0) is 19.2 Å². The van der Waals surface area contributed by atoms with E-state index >= 15 is 0 Å². The number of nitrogens with zero attached hydrogens (tertiary/aromatic N) is 3. The van der Waals surface area contributed by atoms with Gasteiger partial charge in [0.2, 0.25) is 0 Å². The van der Waals surface area contributed by atoms with Crippen LogP contribution < -0.4 is 5.32 Å². The molecule has 0 aromatic carbocycles. The highest BCUT2D eigenvalue weighted by Crippen LogP contribution is 2.11. The maximum Gasteiger partial charge on any atom is 0.333 e. The summed E-state index contributed by atoms with van der Waals surface area (Å²) in [6.45, 7) is 5.80. The largest absolute Gasteiger partial charge is 0.333 e. The summed E-state index contributed by atoms with van der Waals surface area (Å²) in [5, 5.41) is 6.72. The first kappa shape index (κ1) is 20.9. The predicted molar refractivity (Wildman–Crippen MR) is 77.5 cm³/mol. The van der Waals surface area contributed by atoms with Crippen LogP contribution in [0.4, 0.5) is 8.78 Å². The highest BCUT2D eigenvalue weighted by Gasteiger charge is 2.10. The highest BCUT2D eigenvalue weighted by atomic mass is 35.5. The van der Waals surface area contributed by atoms with Crippen molar-refractivity contribution in [3.63, 3.8) is 0 Å². The Morgan fingerprint density at radius 3 is 2.47 bits per heavy atom. The molecule has 4 nitrogen and oxygen atoms in total. The van der Waals surface area contributed by atoms with Crippen LogP contribution in [0.5, 0.6) is 0 Å². The SMILES string of the molecule is CCN(CC)CCNCc1ccnn1C(F)F.Cl.Cl. The lowest BCUT2D eigenvalue weighted by Crippen LogP contribution is -2.32. The molecule has 0 radical (unpaired) electrons. The van der Waals surface area contributed by atoms with E-state index in [1.54, 1.807) is 6.07 Å². The molecule has 0 spiro atoms. The van der Waals surface area contributed by atoms with Gasteiger partial charge in [-0.3, -0.25) is 0 Å². The van der Waals surface area contributed by atoms with Crippen molar-refractivity contribution in [3.8, 4) is 0 Å². The number of likely N-dealkylation sites (N-methyl/N-ethyl adjacent to an activating group) is 1. The molecule has 1 aromatic heterocycles. The van der Waals surface area contributed by atoms with Crippen molar-refractivity contribution < 1.29 is 8.78 Å². The number of halogens is 4. The Hall–Kier alpha value is -0.430. The van der Waals surface area contributed by atoms with Crippen LogP contribution in [0.1, 0.15) is 26.1 Å². The summed E-state index contributed by atoms with van der Waals surface area (Å²) in [6, 6.07) is 1.61. The molecule has 1 rings (SSSR count). The Morgan fingerprint density at radius 2 is 1.95 bits per heavy atom. The fourth-order valence-electron chi connectivity index (χ4n) is 1.65. The van der Waals surface area contributed by atoms with Crippen LogP contribution >= 0.6 is 24.8 Å². The van der Waals surface area contributed by atoms with E-state index in [-0.39, 0.29) is 24.8 Å². The van der Waals surface area contributed by atoms with Crippen molar-refractivity contribution in [1.29, 1.82) is 0 Å². The van der Waals surface area contributed by atoms with Crippen molar-refractivity contribution in [1.82, 2.24) is 20.0 Å². The molecule has 19 heavy (non-hydrogen) atoms. The Morgan fingerprint density at radius 1 is 1.32 bits per heavy atom. The molecule has 1 heterocycles. The molecule has 114 valence electrons. The lowest BCUT2D eigenvalue weighted by Gasteiger charge is -2.18. The third kappa shape index (κ3) is 7.06. The van der Waals surface area contributed by atoms with Crippen molar-refractivity contribution >= 4 is 24.8 Å². The topological polar surface area (TPSA) is 33.1 Å². The summed E-state index contributed by atoms with van der Waals surface area (Å²) in [7, 11) is 0. The summed E-state index contributed by atoms with van der Waals surface area (Å²) in [4.78, 5) is 2.28. The zero-order valence-corrected chi connectivity index (χ0v) is 12.8. The molecular weight excluding hydrogens is 297 g/mol. The Kier molecular flexibility index (Phi) is 12.5. The van der Waals surface area contributed by atoms with Gasteiger partial charge in [-0.1, -0.05) is 13.8 Å². The van der Waals surface area contributed by atoms with Crippen LogP contribution in [0.25, 0.3) is 0 Å². The quantitative estimate of drug-likeness (QED) is 0.748. The lowest BCUT2D eigenvalue weighted by molar-refractivity contribution is 0.0531. The summed E-state index contributed by atoms with van der Waals surface area (Å²) < 4.78 is 25.7. The zero-order valence-electron chi connectivity index (χ0n) is 11.2. The number of rotatable bonds is 8. The number of hydrogen-bond donors (Lipinski definition) is 1. The minimum atomic E-state index is -2.57. The third-order valence-electron chi connectivity index (χ3n) is 2.74. The van der Waals surface area contributed by atoms with E-state index in [1.807, 2.05) is 0 Å². The van der Waals surface area contributed by atoms with Crippen LogP contribution in [-0.2, 0) is 6.54 Å². The third-order valence-corrected chi connectivity index (χ3v) is 2.74. The molecule has 0 fully saturated rings. The van der Waals surface area contributed by atoms with Crippen molar-refractivity contribution in [2.75, 3.05) is 26.2 Å². The number of alkyl halides is 2. The fourth-order valence-corrected chi connectivity index (χ4v) is 1.65. The van der Waals surface area contributed by atoms with E-state index < -0.39 is 6.55 Å². The average Bonchev–Trinajstić information content (AvgIpc) is 2.78. The fraction of sp³-hybridized carbons (Fsp3) is 0.727. The van der Waals surface area contributed by atoms with Gasteiger partial charge in [0.1, 0.15) is 0 Å². The van der Waals surface area contributed by atoms with Crippen LogP contribution in [0.2, 0.25) is 0 Å². The molecule has 0 amide bonds. The molecular formula is C11H22Cl2F2N4. The molecule has 0 aliphatic heterocycles. The van der Waals surface area contributed by atoms with E-state index in [1.165, 1.54) is 6.20 Å². The van der Waals surface area contributed by atoms with Crippen LogP contribution in [0.15, 0.2) is 12.3 Å². The second kappa shape index (κ2) is 11.4. The van der Waals surface area contributed by atoms with Gasteiger partial charge in [0.15, 0.2) is 0 Å². The van der Waals surface area contributed by atoms with Gasteiger partial charge in [-0.2, -0.15) is 13.9 Å². The summed E-state index contributed by atoms with van der Waals surface area (Å²) in [5.41, 5.74) is 0.513. The van der Waals surface area contributed by atoms with E-state index in [4.69, 9.17) is 0 Å². The minimum Gasteiger partial charge on any atom is -0.310 e. The number of aromatic nitrogens is 2. The van der Waals surface area contributed by atoms with Gasteiger partial charge in [-0.15, -0.1) is 24.8 Å². The van der Waals surface area contributed by atoms with Gasteiger partial charge in [-0.25, -0.2) is 4.68 Å². The predicted octanol–water partition coefficient (Wildman–Crippen LogP) is 2.55. The normalized spacial score (nSPS) is 10.4. The molecule has 0 saturated carbocycles. The van der Waals surface area contributed by atoms with Gasteiger partial charge >= 0.3 is 6.55 Å². The molecule has 8 heteroatoms. The van der Waals surface area contributed by atoms with Gasteiger partial charge in [0.05, 0.1) is 5.69 Å². The van der Waals surface area contributed by atoms with Crippen LogP contribution in [0, 0.1) is 0 Å².